The van der Waals surface area contributed by atoms with Gasteiger partial charge in [-0.1, -0.05) is 41.6 Å². The van der Waals surface area contributed by atoms with E-state index in [9.17, 15) is 19.6 Å². The van der Waals surface area contributed by atoms with E-state index >= 15 is 0 Å². The first kappa shape index (κ1) is 26.9. The van der Waals surface area contributed by atoms with Crippen LogP contribution in [-0.2, 0) is 11.8 Å². The number of carbonyl (C=O) groups is 2. The molecule has 1 amide bonds. The van der Waals surface area contributed by atoms with Crippen LogP contribution >= 0.6 is 0 Å². The summed E-state index contributed by atoms with van der Waals surface area (Å²) < 4.78 is 1.45. The Kier molecular flexibility index (Phi) is 8.41. The van der Waals surface area contributed by atoms with Gasteiger partial charge in [-0.3, -0.25) is 14.4 Å². The second-order valence-corrected chi connectivity index (χ2v) is 9.98. The summed E-state index contributed by atoms with van der Waals surface area (Å²) in [4.78, 5) is 37.8. The van der Waals surface area contributed by atoms with Crippen LogP contribution in [0.1, 0.15) is 64.2 Å². The van der Waals surface area contributed by atoms with Crippen molar-refractivity contribution in [2.24, 2.45) is 18.1 Å². The number of nitrogens with zero attached hydrogens (tertiary/aromatic N) is 3. The van der Waals surface area contributed by atoms with Crippen molar-refractivity contribution < 1.29 is 19.9 Å². The zero-order valence-electron chi connectivity index (χ0n) is 21.7. The number of pyridine rings is 1. The van der Waals surface area contributed by atoms with Crippen molar-refractivity contribution in [2.75, 3.05) is 13.1 Å². The minimum atomic E-state index is -0.792. The fourth-order valence-electron chi connectivity index (χ4n) is 5.19. The lowest BCUT2D eigenvalue weighted by atomic mass is 9.83. The second-order valence-electron chi connectivity index (χ2n) is 9.98. The molecule has 198 valence electrons. The molecule has 2 N–H and O–H groups in total. The molecule has 1 saturated heterocycles. The SMILES string of the molecule is Cc1ccccc1C(CC(=NO)c1ccc(=O)n(C)c1)c1ccc(C(=O)N2CCC(CC(=O)O)CC2)cc1. The van der Waals surface area contributed by atoms with Crippen LogP contribution in [0.2, 0.25) is 0 Å². The number of aliphatic carboxylic acids is 1. The van der Waals surface area contributed by atoms with Crippen LogP contribution in [0, 0.1) is 12.8 Å². The van der Waals surface area contributed by atoms with Gasteiger partial charge in [0, 0.05) is 62.3 Å². The third kappa shape index (κ3) is 6.19. The number of piperidine rings is 1. The summed E-state index contributed by atoms with van der Waals surface area (Å²) >= 11 is 0. The Bertz CT molecular complexity index is 1390. The third-order valence-corrected chi connectivity index (χ3v) is 7.43. The van der Waals surface area contributed by atoms with Gasteiger partial charge in [0.15, 0.2) is 0 Å². The predicted molar refractivity (Wildman–Crippen MR) is 145 cm³/mol. The van der Waals surface area contributed by atoms with E-state index < -0.39 is 5.97 Å². The maximum absolute atomic E-state index is 13.1. The van der Waals surface area contributed by atoms with Gasteiger partial charge >= 0.3 is 5.97 Å². The highest BCUT2D eigenvalue weighted by Gasteiger charge is 2.26. The largest absolute Gasteiger partial charge is 0.481 e. The summed E-state index contributed by atoms with van der Waals surface area (Å²) in [5.74, 6) is -0.877. The number of carboxylic acids is 1. The molecule has 0 bridgehead atoms. The fourth-order valence-corrected chi connectivity index (χ4v) is 5.19. The van der Waals surface area contributed by atoms with Crippen molar-refractivity contribution in [3.63, 3.8) is 0 Å². The fraction of sp³-hybridized carbons (Fsp3) is 0.333. The van der Waals surface area contributed by atoms with E-state index in [2.05, 4.69) is 11.2 Å². The van der Waals surface area contributed by atoms with Crippen LogP contribution < -0.4 is 5.56 Å². The highest BCUT2D eigenvalue weighted by molar-refractivity contribution is 6.00. The molecule has 4 rings (SSSR count). The first-order valence-corrected chi connectivity index (χ1v) is 12.8. The Balaban J connectivity index is 1.57. The van der Waals surface area contributed by atoms with E-state index in [0.717, 1.165) is 16.7 Å². The van der Waals surface area contributed by atoms with E-state index in [1.165, 1.54) is 10.6 Å². The van der Waals surface area contributed by atoms with Gasteiger partial charge in [0.25, 0.3) is 5.91 Å². The number of aryl methyl sites for hydroxylation is 2. The molecule has 0 spiro atoms. The summed E-state index contributed by atoms with van der Waals surface area (Å²) in [6, 6.07) is 18.7. The molecule has 1 fully saturated rings. The molecule has 1 aromatic heterocycles. The molecule has 38 heavy (non-hydrogen) atoms. The summed E-state index contributed by atoms with van der Waals surface area (Å²) in [5, 5.41) is 22.5. The van der Waals surface area contributed by atoms with Gasteiger partial charge in [-0.25, -0.2) is 0 Å². The molecular weight excluding hydrogens is 482 g/mol. The van der Waals surface area contributed by atoms with Gasteiger partial charge < -0.3 is 19.8 Å². The van der Waals surface area contributed by atoms with E-state index in [-0.39, 0.29) is 29.7 Å². The number of carboxylic acid groups (broad SMARTS) is 1. The summed E-state index contributed by atoms with van der Waals surface area (Å²) in [6.07, 6.45) is 3.59. The number of carbonyl (C=O) groups excluding carboxylic acids is 1. The van der Waals surface area contributed by atoms with Crippen LogP contribution in [0.25, 0.3) is 0 Å². The number of benzene rings is 2. The molecule has 1 atom stereocenters. The van der Waals surface area contributed by atoms with Crippen LogP contribution in [0.15, 0.2) is 76.8 Å². The molecule has 0 saturated carbocycles. The molecule has 2 heterocycles. The van der Waals surface area contributed by atoms with Gasteiger partial charge in [-0.05, 0) is 60.6 Å². The molecule has 1 aliphatic rings. The predicted octanol–water partition coefficient (Wildman–Crippen LogP) is 4.42. The molecular formula is C30H33N3O5. The van der Waals surface area contributed by atoms with Gasteiger partial charge in [0.05, 0.1) is 5.71 Å². The normalized spacial score (nSPS) is 15.3. The highest BCUT2D eigenvalue weighted by Crippen LogP contribution is 2.32. The van der Waals surface area contributed by atoms with E-state index in [0.29, 0.717) is 49.2 Å². The summed E-state index contributed by atoms with van der Waals surface area (Å²) in [5.41, 5.74) is 4.71. The van der Waals surface area contributed by atoms with Crippen LogP contribution in [-0.4, -0.2) is 50.5 Å². The van der Waals surface area contributed by atoms with Crippen molar-refractivity contribution >= 4 is 17.6 Å². The molecule has 1 unspecified atom stereocenters. The van der Waals surface area contributed by atoms with Crippen molar-refractivity contribution in [1.82, 2.24) is 9.47 Å². The monoisotopic (exact) mass is 515 g/mol. The van der Waals surface area contributed by atoms with Gasteiger partial charge in [0.2, 0.25) is 5.56 Å². The Morgan fingerprint density at radius 2 is 1.66 bits per heavy atom. The van der Waals surface area contributed by atoms with E-state index in [4.69, 9.17) is 5.11 Å². The number of hydrogen-bond donors (Lipinski definition) is 2. The zero-order valence-corrected chi connectivity index (χ0v) is 21.7. The number of rotatable bonds is 8. The van der Waals surface area contributed by atoms with Gasteiger partial charge in [-0.2, -0.15) is 0 Å². The first-order valence-electron chi connectivity index (χ1n) is 12.8. The van der Waals surface area contributed by atoms with Crippen molar-refractivity contribution in [3.8, 4) is 0 Å². The second kappa shape index (κ2) is 11.9. The maximum Gasteiger partial charge on any atom is 0.303 e. The Labute approximate surface area is 221 Å². The lowest BCUT2D eigenvalue weighted by molar-refractivity contribution is -0.138. The number of hydrogen-bond acceptors (Lipinski definition) is 5. The molecule has 1 aliphatic heterocycles. The van der Waals surface area contributed by atoms with Crippen molar-refractivity contribution in [2.45, 2.75) is 38.5 Å². The minimum absolute atomic E-state index is 0.0550. The highest BCUT2D eigenvalue weighted by atomic mass is 16.4. The third-order valence-electron chi connectivity index (χ3n) is 7.43. The van der Waals surface area contributed by atoms with E-state index in [1.807, 2.05) is 49.4 Å². The van der Waals surface area contributed by atoms with Crippen molar-refractivity contribution in [3.05, 3.63) is 105 Å². The smallest absolute Gasteiger partial charge is 0.303 e. The molecule has 0 aliphatic carbocycles. The average Bonchev–Trinajstić information content (AvgIpc) is 2.91. The lowest BCUT2D eigenvalue weighted by Gasteiger charge is -2.31. The Morgan fingerprint density at radius 3 is 2.26 bits per heavy atom. The van der Waals surface area contributed by atoms with E-state index in [1.54, 1.807) is 24.2 Å². The maximum atomic E-state index is 13.1. The lowest BCUT2D eigenvalue weighted by Crippen LogP contribution is -2.38. The molecule has 0 radical (unpaired) electrons. The minimum Gasteiger partial charge on any atom is -0.481 e. The standard InChI is InChI=1S/C30H33N3O5/c1-20-5-3-4-6-25(20)26(18-27(31-38)24-11-12-28(34)32(2)19-24)22-7-9-23(10-8-22)30(37)33-15-13-21(14-16-33)17-29(35)36/h3-12,19,21,26,38H,13-18H2,1-2H3,(H,35,36). The zero-order chi connectivity index (χ0) is 27.2. The Morgan fingerprint density at radius 1 is 1.00 bits per heavy atom. The molecule has 2 aromatic carbocycles. The number of aromatic nitrogens is 1. The number of likely N-dealkylation sites (tertiary alicyclic amines) is 1. The first-order chi connectivity index (χ1) is 18.3. The number of amides is 1. The van der Waals surface area contributed by atoms with Crippen molar-refractivity contribution in [1.29, 1.82) is 0 Å². The van der Waals surface area contributed by atoms with Crippen LogP contribution in [0.4, 0.5) is 0 Å². The summed E-state index contributed by atoms with van der Waals surface area (Å²) in [7, 11) is 1.66. The number of oxime groups is 1. The van der Waals surface area contributed by atoms with Crippen LogP contribution in [0.3, 0.4) is 0 Å². The topological polar surface area (TPSA) is 112 Å². The quantitative estimate of drug-likeness (QED) is 0.262. The average molecular weight is 516 g/mol. The molecule has 8 nitrogen and oxygen atoms in total. The van der Waals surface area contributed by atoms with Gasteiger partial charge in [0.1, 0.15) is 0 Å². The molecule has 3 aromatic rings. The summed E-state index contributed by atoms with van der Waals surface area (Å²) in [6.45, 7) is 3.15. The van der Waals surface area contributed by atoms with Crippen LogP contribution in [0.5, 0.6) is 0 Å². The molecule has 8 heteroatoms. The Hall–Kier alpha value is -4.20. The van der Waals surface area contributed by atoms with Gasteiger partial charge in [-0.15, -0.1) is 0 Å².